The Labute approximate surface area is 135 Å². The van der Waals surface area contributed by atoms with E-state index in [4.69, 9.17) is 9.47 Å². The number of nitrogens with zero attached hydrogens (tertiary/aromatic N) is 1. The highest BCUT2D eigenvalue weighted by atomic mass is 16.7. The summed E-state index contributed by atoms with van der Waals surface area (Å²) in [4.78, 5) is 26.3. The predicted molar refractivity (Wildman–Crippen MR) is 85.5 cm³/mol. The molecule has 0 aliphatic carbocycles. The summed E-state index contributed by atoms with van der Waals surface area (Å²) in [5, 5.41) is 3.02. The number of benzene rings is 1. The highest BCUT2D eigenvalue weighted by Crippen LogP contribution is 2.37. The van der Waals surface area contributed by atoms with Crippen LogP contribution in [0.15, 0.2) is 18.2 Å². The van der Waals surface area contributed by atoms with Crippen LogP contribution < -0.4 is 19.7 Å². The molecule has 1 aromatic carbocycles. The van der Waals surface area contributed by atoms with Crippen molar-refractivity contribution in [1.82, 2.24) is 5.32 Å². The molecular formula is C17H22N2O4. The smallest absolute Gasteiger partial charge is 0.231 e. The maximum Gasteiger partial charge on any atom is 0.231 e. The first kappa shape index (κ1) is 15.6. The van der Waals surface area contributed by atoms with E-state index in [1.54, 1.807) is 17.0 Å². The van der Waals surface area contributed by atoms with Crippen molar-refractivity contribution in [3.05, 3.63) is 18.2 Å². The Hall–Kier alpha value is -2.24. The van der Waals surface area contributed by atoms with Crippen molar-refractivity contribution in [3.8, 4) is 11.5 Å². The van der Waals surface area contributed by atoms with Crippen LogP contribution in [-0.4, -0.2) is 30.7 Å². The molecule has 1 atom stereocenters. The molecule has 124 valence electrons. The van der Waals surface area contributed by atoms with E-state index in [2.05, 4.69) is 5.32 Å². The van der Waals surface area contributed by atoms with Gasteiger partial charge in [-0.2, -0.15) is 0 Å². The van der Waals surface area contributed by atoms with E-state index >= 15 is 0 Å². The maximum absolute atomic E-state index is 12.4. The van der Waals surface area contributed by atoms with Gasteiger partial charge in [-0.1, -0.05) is 6.92 Å². The topological polar surface area (TPSA) is 67.9 Å². The van der Waals surface area contributed by atoms with Crippen molar-refractivity contribution >= 4 is 17.5 Å². The van der Waals surface area contributed by atoms with Crippen molar-refractivity contribution < 1.29 is 19.1 Å². The molecule has 2 aliphatic heterocycles. The highest BCUT2D eigenvalue weighted by molar-refractivity contribution is 6.00. The molecule has 1 aromatic rings. The molecule has 0 bridgehead atoms. The number of hydrogen-bond acceptors (Lipinski definition) is 4. The number of amides is 2. The normalized spacial score (nSPS) is 20.0. The number of hydrogen-bond donors (Lipinski definition) is 1. The van der Waals surface area contributed by atoms with E-state index < -0.39 is 0 Å². The predicted octanol–water partition coefficient (Wildman–Crippen LogP) is 2.07. The Morgan fingerprint density at radius 2 is 2.09 bits per heavy atom. The molecule has 0 radical (unpaired) electrons. The zero-order chi connectivity index (χ0) is 16.6. The van der Waals surface area contributed by atoms with Gasteiger partial charge in [-0.05, 0) is 32.4 Å². The number of ether oxygens (including phenoxy) is 2. The standard InChI is InChI=1S/C17H22N2O4/c1-4-17(2,3)18-16(21)11-7-15(20)19(9-11)12-5-6-13-14(8-12)23-10-22-13/h5-6,8,11H,4,7,9-10H2,1-3H3,(H,18,21)/t11-/m1/s1. The van der Waals surface area contributed by atoms with Crippen LogP contribution >= 0.6 is 0 Å². The van der Waals surface area contributed by atoms with Crippen molar-refractivity contribution in [3.63, 3.8) is 0 Å². The van der Waals surface area contributed by atoms with Crippen LogP contribution in [-0.2, 0) is 9.59 Å². The average molecular weight is 318 g/mol. The zero-order valence-electron chi connectivity index (χ0n) is 13.7. The van der Waals surface area contributed by atoms with Gasteiger partial charge in [0.05, 0.1) is 5.92 Å². The Morgan fingerprint density at radius 1 is 1.35 bits per heavy atom. The number of nitrogens with one attached hydrogen (secondary N) is 1. The molecule has 23 heavy (non-hydrogen) atoms. The minimum Gasteiger partial charge on any atom is -0.454 e. The molecule has 2 amide bonds. The first-order chi connectivity index (χ1) is 10.9. The van der Waals surface area contributed by atoms with Crippen LogP contribution in [0, 0.1) is 5.92 Å². The Kier molecular flexibility index (Phi) is 3.92. The lowest BCUT2D eigenvalue weighted by Crippen LogP contribution is -2.46. The Morgan fingerprint density at radius 3 is 2.83 bits per heavy atom. The first-order valence-corrected chi connectivity index (χ1v) is 7.91. The van der Waals surface area contributed by atoms with Crippen LogP contribution in [0.3, 0.4) is 0 Å². The molecule has 1 fully saturated rings. The van der Waals surface area contributed by atoms with Crippen molar-refractivity contribution in [2.45, 2.75) is 39.2 Å². The molecule has 3 rings (SSSR count). The molecule has 6 heteroatoms. The fourth-order valence-electron chi connectivity index (χ4n) is 2.71. The van der Waals surface area contributed by atoms with Crippen molar-refractivity contribution in [1.29, 1.82) is 0 Å². The largest absolute Gasteiger partial charge is 0.454 e. The number of carbonyl (C=O) groups is 2. The molecule has 0 saturated carbocycles. The van der Waals surface area contributed by atoms with Crippen LogP contribution in [0.25, 0.3) is 0 Å². The molecule has 6 nitrogen and oxygen atoms in total. The van der Waals surface area contributed by atoms with Gasteiger partial charge in [0, 0.05) is 30.3 Å². The molecule has 0 aromatic heterocycles. The number of anilines is 1. The molecule has 2 aliphatic rings. The van der Waals surface area contributed by atoms with Gasteiger partial charge in [0.15, 0.2) is 11.5 Å². The zero-order valence-corrected chi connectivity index (χ0v) is 13.7. The SMILES string of the molecule is CCC(C)(C)NC(=O)[C@@H]1CC(=O)N(c2ccc3c(c2)OCO3)C1. The molecule has 2 heterocycles. The quantitative estimate of drug-likeness (QED) is 0.923. The molecule has 0 unspecified atom stereocenters. The Balaban J connectivity index is 1.71. The minimum atomic E-state index is -0.321. The van der Waals surface area contributed by atoms with Crippen LogP contribution in [0.5, 0.6) is 11.5 Å². The fourth-order valence-corrected chi connectivity index (χ4v) is 2.71. The van der Waals surface area contributed by atoms with Crippen molar-refractivity contribution in [2.75, 3.05) is 18.2 Å². The second kappa shape index (κ2) is 5.76. The van der Waals surface area contributed by atoms with Gasteiger partial charge < -0.3 is 19.7 Å². The second-order valence-electron chi connectivity index (χ2n) is 6.67. The number of rotatable bonds is 4. The summed E-state index contributed by atoms with van der Waals surface area (Å²) in [7, 11) is 0. The summed E-state index contributed by atoms with van der Waals surface area (Å²) in [6.07, 6.45) is 1.07. The lowest BCUT2D eigenvalue weighted by atomic mass is 9.99. The number of carbonyl (C=O) groups excluding carboxylic acids is 2. The highest BCUT2D eigenvalue weighted by Gasteiger charge is 2.37. The van der Waals surface area contributed by atoms with E-state index in [1.807, 2.05) is 26.8 Å². The minimum absolute atomic E-state index is 0.0432. The van der Waals surface area contributed by atoms with E-state index in [1.165, 1.54) is 0 Å². The van der Waals surface area contributed by atoms with Crippen LogP contribution in [0.1, 0.15) is 33.6 Å². The van der Waals surface area contributed by atoms with Gasteiger partial charge >= 0.3 is 0 Å². The lowest BCUT2D eigenvalue weighted by Gasteiger charge is -2.26. The van der Waals surface area contributed by atoms with Gasteiger partial charge in [0.2, 0.25) is 18.6 Å². The lowest BCUT2D eigenvalue weighted by molar-refractivity contribution is -0.127. The average Bonchev–Trinajstić information content (AvgIpc) is 3.12. The van der Waals surface area contributed by atoms with Gasteiger partial charge in [-0.15, -0.1) is 0 Å². The van der Waals surface area contributed by atoms with E-state index in [9.17, 15) is 9.59 Å². The van der Waals surface area contributed by atoms with Gasteiger partial charge in [0.25, 0.3) is 0 Å². The van der Waals surface area contributed by atoms with E-state index in [-0.39, 0.29) is 36.5 Å². The fraction of sp³-hybridized carbons (Fsp3) is 0.529. The third-order valence-electron chi connectivity index (χ3n) is 4.51. The summed E-state index contributed by atoms with van der Waals surface area (Å²) < 4.78 is 10.6. The third kappa shape index (κ3) is 3.11. The molecule has 0 spiro atoms. The second-order valence-corrected chi connectivity index (χ2v) is 6.67. The summed E-state index contributed by atoms with van der Waals surface area (Å²) in [6, 6.07) is 5.40. The van der Waals surface area contributed by atoms with Crippen LogP contribution in [0.4, 0.5) is 5.69 Å². The number of fused-ring (bicyclic) bond motifs is 1. The summed E-state index contributed by atoms with van der Waals surface area (Å²) >= 11 is 0. The third-order valence-corrected chi connectivity index (χ3v) is 4.51. The molecule has 1 saturated heterocycles. The molecular weight excluding hydrogens is 296 g/mol. The Bertz CT molecular complexity index is 641. The van der Waals surface area contributed by atoms with Crippen LogP contribution in [0.2, 0.25) is 0 Å². The summed E-state index contributed by atoms with van der Waals surface area (Å²) in [5.41, 5.74) is 0.482. The van der Waals surface area contributed by atoms with Gasteiger partial charge in [-0.25, -0.2) is 0 Å². The maximum atomic E-state index is 12.4. The summed E-state index contributed by atoms with van der Waals surface area (Å²) in [6.45, 7) is 6.58. The van der Waals surface area contributed by atoms with Gasteiger partial charge in [0.1, 0.15) is 0 Å². The van der Waals surface area contributed by atoms with E-state index in [0.29, 0.717) is 18.0 Å². The van der Waals surface area contributed by atoms with Crippen molar-refractivity contribution in [2.24, 2.45) is 5.92 Å². The van der Waals surface area contributed by atoms with E-state index in [0.717, 1.165) is 12.1 Å². The van der Waals surface area contributed by atoms with Gasteiger partial charge in [-0.3, -0.25) is 9.59 Å². The summed E-state index contributed by atoms with van der Waals surface area (Å²) in [5.74, 6) is 0.889. The monoisotopic (exact) mass is 318 g/mol. The first-order valence-electron chi connectivity index (χ1n) is 7.91. The molecule has 1 N–H and O–H groups in total.